The van der Waals surface area contributed by atoms with Crippen molar-refractivity contribution in [2.75, 3.05) is 13.1 Å². The summed E-state index contributed by atoms with van der Waals surface area (Å²) in [6.07, 6.45) is 5.91. The zero-order valence-corrected chi connectivity index (χ0v) is 6.82. The maximum Gasteiger partial charge on any atom is 0.00203 e. The molecule has 1 heterocycles. The fourth-order valence-corrected chi connectivity index (χ4v) is 2.47. The van der Waals surface area contributed by atoms with Gasteiger partial charge in [0.25, 0.3) is 0 Å². The van der Waals surface area contributed by atoms with Crippen LogP contribution in [0.4, 0.5) is 0 Å². The molecule has 1 heteroatoms. The van der Waals surface area contributed by atoms with Crippen molar-refractivity contribution in [3.8, 4) is 0 Å². The maximum absolute atomic E-state index is 3.39. The minimum Gasteiger partial charge on any atom is -0.316 e. The van der Waals surface area contributed by atoms with Gasteiger partial charge < -0.3 is 5.32 Å². The van der Waals surface area contributed by atoms with Crippen molar-refractivity contribution >= 4 is 0 Å². The lowest BCUT2D eigenvalue weighted by molar-refractivity contribution is 0.169. The number of hydrogen-bond acceptors (Lipinski definition) is 1. The van der Waals surface area contributed by atoms with E-state index in [-0.39, 0.29) is 0 Å². The van der Waals surface area contributed by atoms with Crippen molar-refractivity contribution in [2.45, 2.75) is 32.6 Å². The SMILES string of the molecule is CCC1CCC2(CNC2)C1. The largest absolute Gasteiger partial charge is 0.316 e. The van der Waals surface area contributed by atoms with E-state index in [9.17, 15) is 0 Å². The first-order valence-electron chi connectivity index (χ1n) is 4.55. The molecule has 2 aliphatic rings. The zero-order valence-electron chi connectivity index (χ0n) is 6.82. The van der Waals surface area contributed by atoms with E-state index in [1.807, 2.05) is 0 Å². The lowest BCUT2D eigenvalue weighted by Crippen LogP contribution is -2.51. The summed E-state index contributed by atoms with van der Waals surface area (Å²) < 4.78 is 0. The molecule has 1 spiro atoms. The van der Waals surface area contributed by atoms with Crippen LogP contribution in [-0.2, 0) is 0 Å². The summed E-state index contributed by atoms with van der Waals surface area (Å²) >= 11 is 0. The van der Waals surface area contributed by atoms with Crippen LogP contribution in [0.3, 0.4) is 0 Å². The van der Waals surface area contributed by atoms with Gasteiger partial charge in [-0.05, 0) is 30.6 Å². The molecule has 1 aliphatic carbocycles. The Hall–Kier alpha value is -0.0400. The van der Waals surface area contributed by atoms with E-state index in [1.54, 1.807) is 0 Å². The monoisotopic (exact) mass is 139 g/mol. The summed E-state index contributed by atoms with van der Waals surface area (Å²) in [5.41, 5.74) is 0.778. The second-order valence-corrected chi connectivity index (χ2v) is 4.12. The lowest BCUT2D eigenvalue weighted by atomic mass is 9.79. The van der Waals surface area contributed by atoms with E-state index >= 15 is 0 Å². The second kappa shape index (κ2) is 2.23. The molecule has 1 saturated heterocycles. The zero-order chi connectivity index (χ0) is 7.03. The average molecular weight is 139 g/mol. The van der Waals surface area contributed by atoms with Gasteiger partial charge in [-0.1, -0.05) is 13.3 Å². The highest BCUT2D eigenvalue weighted by molar-refractivity contribution is 4.97. The normalized spacial score (nSPS) is 36.3. The summed E-state index contributed by atoms with van der Waals surface area (Å²) in [4.78, 5) is 0. The first-order chi connectivity index (χ1) is 4.85. The van der Waals surface area contributed by atoms with Crippen LogP contribution in [0.15, 0.2) is 0 Å². The standard InChI is InChI=1S/C9H17N/c1-2-8-3-4-9(5-8)6-10-7-9/h8,10H,2-7H2,1H3. The molecular formula is C9H17N. The second-order valence-electron chi connectivity index (χ2n) is 4.12. The van der Waals surface area contributed by atoms with Crippen LogP contribution in [0.5, 0.6) is 0 Å². The number of nitrogens with one attached hydrogen (secondary N) is 1. The van der Waals surface area contributed by atoms with Gasteiger partial charge in [-0.25, -0.2) is 0 Å². The molecule has 0 radical (unpaired) electrons. The van der Waals surface area contributed by atoms with Crippen LogP contribution in [0.25, 0.3) is 0 Å². The van der Waals surface area contributed by atoms with E-state index in [4.69, 9.17) is 0 Å². The summed E-state index contributed by atoms with van der Waals surface area (Å²) in [6, 6.07) is 0. The predicted molar refractivity (Wildman–Crippen MR) is 42.9 cm³/mol. The molecule has 1 N–H and O–H groups in total. The van der Waals surface area contributed by atoms with Gasteiger partial charge in [0, 0.05) is 13.1 Å². The van der Waals surface area contributed by atoms with Crippen LogP contribution in [0.2, 0.25) is 0 Å². The molecule has 1 atom stereocenters. The molecule has 1 unspecified atom stereocenters. The summed E-state index contributed by atoms with van der Waals surface area (Å²) in [7, 11) is 0. The van der Waals surface area contributed by atoms with Gasteiger partial charge in [0.05, 0.1) is 0 Å². The summed E-state index contributed by atoms with van der Waals surface area (Å²) in [5, 5.41) is 3.39. The Morgan fingerprint density at radius 1 is 1.50 bits per heavy atom. The minimum absolute atomic E-state index is 0.778. The molecule has 1 nitrogen and oxygen atoms in total. The Balaban J connectivity index is 1.92. The van der Waals surface area contributed by atoms with Crippen molar-refractivity contribution < 1.29 is 0 Å². The lowest BCUT2D eigenvalue weighted by Gasteiger charge is -2.39. The summed E-state index contributed by atoms with van der Waals surface area (Å²) in [6.45, 7) is 4.95. The topological polar surface area (TPSA) is 12.0 Å². The summed E-state index contributed by atoms with van der Waals surface area (Å²) in [5.74, 6) is 1.06. The minimum atomic E-state index is 0.778. The molecule has 0 bridgehead atoms. The van der Waals surface area contributed by atoms with Crippen LogP contribution in [-0.4, -0.2) is 13.1 Å². The molecule has 0 aromatic rings. The Kier molecular flexibility index (Phi) is 1.48. The van der Waals surface area contributed by atoms with Crippen LogP contribution < -0.4 is 5.32 Å². The van der Waals surface area contributed by atoms with Gasteiger partial charge in [0.1, 0.15) is 0 Å². The molecule has 0 amide bonds. The molecule has 2 fully saturated rings. The molecule has 10 heavy (non-hydrogen) atoms. The molecular weight excluding hydrogens is 122 g/mol. The molecule has 1 aliphatic heterocycles. The highest BCUT2D eigenvalue weighted by Crippen LogP contribution is 2.45. The van der Waals surface area contributed by atoms with Crippen LogP contribution in [0.1, 0.15) is 32.6 Å². The first-order valence-corrected chi connectivity index (χ1v) is 4.55. The molecule has 1 saturated carbocycles. The molecule has 58 valence electrons. The smallest absolute Gasteiger partial charge is 0.00203 e. The number of rotatable bonds is 1. The van der Waals surface area contributed by atoms with Crippen LogP contribution >= 0.6 is 0 Å². The van der Waals surface area contributed by atoms with E-state index in [0.717, 1.165) is 11.3 Å². The van der Waals surface area contributed by atoms with Gasteiger partial charge >= 0.3 is 0 Å². The molecule has 2 rings (SSSR count). The van der Waals surface area contributed by atoms with Crippen molar-refractivity contribution in [1.82, 2.24) is 5.32 Å². The quantitative estimate of drug-likeness (QED) is 0.584. The maximum atomic E-state index is 3.39. The van der Waals surface area contributed by atoms with E-state index < -0.39 is 0 Å². The van der Waals surface area contributed by atoms with Crippen molar-refractivity contribution in [2.24, 2.45) is 11.3 Å². The van der Waals surface area contributed by atoms with Crippen molar-refractivity contribution in [1.29, 1.82) is 0 Å². The Morgan fingerprint density at radius 2 is 2.30 bits per heavy atom. The van der Waals surface area contributed by atoms with Crippen molar-refractivity contribution in [3.63, 3.8) is 0 Å². The first kappa shape index (κ1) is 6.66. The third-order valence-electron chi connectivity index (χ3n) is 3.38. The predicted octanol–water partition coefficient (Wildman–Crippen LogP) is 1.79. The third kappa shape index (κ3) is 0.878. The highest BCUT2D eigenvalue weighted by atomic mass is 15.0. The van der Waals surface area contributed by atoms with Gasteiger partial charge in [0.2, 0.25) is 0 Å². The Morgan fingerprint density at radius 3 is 2.60 bits per heavy atom. The van der Waals surface area contributed by atoms with E-state index in [2.05, 4.69) is 12.2 Å². The highest BCUT2D eigenvalue weighted by Gasteiger charge is 2.42. The number of hydrogen-bond donors (Lipinski definition) is 1. The average Bonchev–Trinajstić information content (AvgIpc) is 2.29. The third-order valence-corrected chi connectivity index (χ3v) is 3.38. The van der Waals surface area contributed by atoms with Gasteiger partial charge in [-0.15, -0.1) is 0 Å². The Labute approximate surface area is 63.2 Å². The fourth-order valence-electron chi connectivity index (χ4n) is 2.47. The van der Waals surface area contributed by atoms with E-state index in [1.165, 1.54) is 38.8 Å². The fraction of sp³-hybridized carbons (Fsp3) is 1.00. The van der Waals surface area contributed by atoms with Gasteiger partial charge in [-0.3, -0.25) is 0 Å². The van der Waals surface area contributed by atoms with E-state index in [0.29, 0.717) is 0 Å². The Bertz CT molecular complexity index is 127. The van der Waals surface area contributed by atoms with Gasteiger partial charge in [-0.2, -0.15) is 0 Å². The molecule has 0 aromatic heterocycles. The van der Waals surface area contributed by atoms with Gasteiger partial charge in [0.15, 0.2) is 0 Å². The molecule has 0 aromatic carbocycles. The van der Waals surface area contributed by atoms with Crippen molar-refractivity contribution in [3.05, 3.63) is 0 Å². The van der Waals surface area contributed by atoms with Crippen LogP contribution in [0, 0.1) is 11.3 Å².